The van der Waals surface area contributed by atoms with E-state index in [0.717, 1.165) is 75.9 Å². The van der Waals surface area contributed by atoms with Gasteiger partial charge in [0.25, 0.3) is 11.1 Å². The first-order valence-corrected chi connectivity index (χ1v) is 17.9. The molecule has 4 aromatic heterocycles. The molecule has 0 bridgehead atoms. The molecule has 0 aliphatic carbocycles. The van der Waals surface area contributed by atoms with E-state index in [9.17, 15) is 9.59 Å². The molecule has 0 N–H and O–H groups in total. The van der Waals surface area contributed by atoms with Crippen molar-refractivity contribution in [2.24, 2.45) is 0 Å². The van der Waals surface area contributed by atoms with Gasteiger partial charge in [0.05, 0.1) is 22.1 Å². The van der Waals surface area contributed by atoms with Gasteiger partial charge in [-0.25, -0.2) is 9.97 Å². The van der Waals surface area contributed by atoms with Crippen LogP contribution in [-0.2, 0) is 229 Å². The predicted molar refractivity (Wildman–Crippen MR) is 228 cm³/mol. The van der Waals surface area contributed by atoms with Gasteiger partial charge in [0, 0.05) is 261 Å². The summed E-state index contributed by atoms with van der Waals surface area (Å²) in [5.74, 6) is 0. The van der Waals surface area contributed by atoms with Gasteiger partial charge in [0.1, 0.15) is 11.3 Å². The zero-order valence-corrected chi connectivity index (χ0v) is 55.8. The van der Waals surface area contributed by atoms with E-state index in [-0.39, 0.29) is 255 Å². The number of hydrogen-bond donors (Lipinski definition) is 0. The van der Waals surface area contributed by atoms with Gasteiger partial charge < -0.3 is 14.9 Å². The van der Waals surface area contributed by atoms with Crippen LogP contribution in [0.1, 0.15) is 55.4 Å². The normalized spacial score (nSPS) is 9.63. The van der Waals surface area contributed by atoms with E-state index in [1.807, 2.05) is 116 Å². The van der Waals surface area contributed by atoms with E-state index in [1.165, 1.54) is 0 Å². The molecule has 0 atom stereocenters. The Morgan fingerprint density at radius 3 is 0.881 bits per heavy atom. The van der Waals surface area contributed by atoms with Gasteiger partial charge >= 0.3 is 0 Å². The van der Waals surface area contributed by atoms with Crippen LogP contribution < -0.4 is 11.1 Å². The number of aromatic nitrogens is 4. The van der Waals surface area contributed by atoms with E-state index in [2.05, 4.69) is 36.4 Å². The van der Waals surface area contributed by atoms with E-state index in [0.29, 0.717) is 22.1 Å². The Morgan fingerprint density at radius 1 is 0.339 bits per heavy atom. The standard InChI is InChI=1S/C36H16N4O2.4C2H6.2CH3.7Y/c41-35-23-15-11-19-20-12-16-24-32-22(34-38-26-6-2-4-8-28(26)40(34)36(24)42)14-10-18(30(20)32)17-9-13-21(31(23)29(17)19)33-37-25-5-1-3-7-27(25)39(33)35;4*1-2;;;;;;;;;/h1-16H;4*1-2H3;2*1H3;;;;;;;/q;;;;;2*-1;;;;;;;. The van der Waals surface area contributed by atoms with Crippen LogP contribution in [0.15, 0.2) is 107 Å². The third-order valence-corrected chi connectivity index (χ3v) is 9.37. The predicted octanol–water partition coefficient (Wildman–Crippen LogP) is 12.2. The van der Waals surface area contributed by atoms with E-state index in [4.69, 9.17) is 9.97 Å². The van der Waals surface area contributed by atoms with Crippen LogP contribution in [0.2, 0.25) is 0 Å². The van der Waals surface area contributed by atoms with Gasteiger partial charge in [0.15, 0.2) is 0 Å². The van der Waals surface area contributed by atoms with E-state index < -0.39 is 0 Å². The van der Waals surface area contributed by atoms with E-state index in [1.54, 1.807) is 8.80 Å². The Hall–Kier alpha value is 1.85. The first-order chi connectivity index (χ1) is 24.7. The van der Waals surface area contributed by atoms with E-state index >= 15 is 0 Å². The molecule has 0 fully saturated rings. The Labute approximate surface area is 523 Å². The molecule has 4 heterocycles. The minimum Gasteiger partial charge on any atom is -0.358 e. The van der Waals surface area contributed by atoms with Crippen molar-refractivity contribution in [3.05, 3.63) is 133 Å². The number of para-hydroxylation sites is 4. The monoisotopic (exact) mass is 1310 g/mol. The number of benzene rings is 7. The Bertz CT molecular complexity index is 2920. The first-order valence-electron chi connectivity index (χ1n) is 17.9. The van der Waals surface area contributed by atoms with Crippen molar-refractivity contribution in [3.63, 3.8) is 0 Å². The zero-order chi connectivity index (χ0) is 35.4. The van der Waals surface area contributed by atoms with Crippen molar-refractivity contribution < 1.29 is 229 Å². The maximum atomic E-state index is 14.0. The summed E-state index contributed by atoms with van der Waals surface area (Å²) in [4.78, 5) is 37.7. The second-order valence-corrected chi connectivity index (χ2v) is 11.3. The van der Waals surface area contributed by atoms with Crippen molar-refractivity contribution in [2.45, 2.75) is 55.4 Å². The fourth-order valence-electron chi connectivity index (χ4n) is 7.68. The Kier molecular flexibility index (Phi) is 31.0. The molecule has 13 heteroatoms. The van der Waals surface area contributed by atoms with Gasteiger partial charge in [-0.15, -0.1) is 0 Å². The summed E-state index contributed by atoms with van der Waals surface area (Å²) in [5.41, 5.74) is 4.48. The van der Waals surface area contributed by atoms with Crippen molar-refractivity contribution in [3.8, 4) is 0 Å². The average molecular weight is 1310 g/mol. The van der Waals surface area contributed by atoms with Gasteiger partial charge in [0.2, 0.25) is 0 Å². The van der Waals surface area contributed by atoms with Crippen LogP contribution in [0.4, 0.5) is 0 Å². The second kappa shape index (κ2) is 28.1. The quantitative estimate of drug-likeness (QED) is 0.0862. The molecule has 6 nitrogen and oxygen atoms in total. The molecule has 7 aromatic carbocycles. The molecule has 0 amide bonds. The summed E-state index contributed by atoms with van der Waals surface area (Å²) in [6, 6.07) is 32.1. The number of pyridine rings is 2. The number of imidazole rings is 2. The molecule has 0 unspecified atom stereocenters. The van der Waals surface area contributed by atoms with Crippen LogP contribution >= 0.6 is 0 Å². The maximum absolute atomic E-state index is 14.0. The number of nitrogens with zero attached hydrogens (tertiary/aromatic N) is 4. The summed E-state index contributed by atoms with van der Waals surface area (Å²) >= 11 is 0. The molecule has 7 radical (unpaired) electrons. The molecule has 0 aliphatic rings. The van der Waals surface area contributed by atoms with Crippen LogP contribution in [0.3, 0.4) is 0 Å². The number of rotatable bonds is 0. The summed E-state index contributed by atoms with van der Waals surface area (Å²) in [6.45, 7) is 16.0. The fraction of sp³-hybridized carbons (Fsp3) is 0.174. The topological polar surface area (TPSA) is 68.7 Å². The van der Waals surface area contributed by atoms with Gasteiger partial charge in [-0.3, -0.25) is 18.4 Å². The van der Waals surface area contributed by atoms with Crippen molar-refractivity contribution in [1.29, 1.82) is 0 Å². The first kappa shape index (κ1) is 65.1. The summed E-state index contributed by atoms with van der Waals surface area (Å²) < 4.78 is 3.49. The zero-order valence-electron chi connectivity index (χ0n) is 35.9. The fourth-order valence-corrected chi connectivity index (χ4v) is 7.68. The molecule has 11 rings (SSSR count). The van der Waals surface area contributed by atoms with Crippen LogP contribution in [0.25, 0.3) is 98.0 Å². The molecule has 285 valence electrons. The largest absolute Gasteiger partial charge is 0.358 e. The summed E-state index contributed by atoms with van der Waals surface area (Å²) in [5, 5.41) is 11.5. The maximum Gasteiger partial charge on any atom is 0.264 e. The SMILES string of the molecule is CC.CC.CC.CC.O=c1c2ccc3c4ccc5c(=O)n6c7ccccc7nc6c6ccc(c7ccc(c2c37)c2nc3ccccc3n12)c4c56.[CH3-].[CH3-].[Y].[Y].[Y].[Y].[Y].[Y].[Y]. The van der Waals surface area contributed by atoms with Crippen molar-refractivity contribution >= 4 is 98.0 Å². The molecular weight excluding hydrogens is 1260 g/mol. The van der Waals surface area contributed by atoms with Crippen molar-refractivity contribution in [2.75, 3.05) is 0 Å². The van der Waals surface area contributed by atoms with Gasteiger partial charge in [-0.2, -0.15) is 0 Å². The Morgan fingerprint density at radius 2 is 0.576 bits per heavy atom. The number of hydrogen-bond acceptors (Lipinski definition) is 4. The average Bonchev–Trinajstić information content (AvgIpc) is 3.79. The molecule has 0 spiro atoms. The van der Waals surface area contributed by atoms with Gasteiger partial charge in [-0.1, -0.05) is 104 Å². The third-order valence-electron chi connectivity index (χ3n) is 9.37. The molecular formula is C46H46N4O2Y7-2. The third kappa shape index (κ3) is 10.2. The molecule has 0 saturated carbocycles. The molecule has 59 heavy (non-hydrogen) atoms. The summed E-state index contributed by atoms with van der Waals surface area (Å²) in [7, 11) is 0. The van der Waals surface area contributed by atoms with Gasteiger partial charge in [-0.05, 0) is 80.8 Å². The summed E-state index contributed by atoms with van der Waals surface area (Å²) in [6.07, 6.45) is 0. The van der Waals surface area contributed by atoms with Crippen molar-refractivity contribution in [1.82, 2.24) is 18.8 Å². The van der Waals surface area contributed by atoms with Crippen LogP contribution in [0.5, 0.6) is 0 Å². The Balaban J connectivity index is -0.00000175. The minimum absolute atomic E-state index is 0. The molecule has 11 aromatic rings. The minimum atomic E-state index is -0.0598. The number of fused-ring (bicyclic) bond motifs is 10. The smallest absolute Gasteiger partial charge is 0.264 e. The van der Waals surface area contributed by atoms with Crippen LogP contribution in [0, 0.1) is 14.9 Å². The second-order valence-electron chi connectivity index (χ2n) is 11.3. The van der Waals surface area contributed by atoms with Crippen LogP contribution in [-0.4, -0.2) is 18.8 Å². The molecule has 0 saturated heterocycles. The molecule has 0 aliphatic heterocycles.